The Balaban J connectivity index is 4.18. The summed E-state index contributed by atoms with van der Waals surface area (Å²) in [4.78, 5) is 38.3. The van der Waals surface area contributed by atoms with Crippen LogP contribution >= 0.6 is 0 Å². The topological polar surface area (TPSA) is 78.9 Å². The van der Waals surface area contributed by atoms with Gasteiger partial charge in [-0.05, 0) is 77.0 Å². The molecule has 0 aromatic carbocycles. The van der Waals surface area contributed by atoms with Gasteiger partial charge in [-0.2, -0.15) is 0 Å². The second-order valence-corrected chi connectivity index (χ2v) is 23.1. The number of hydrogen-bond acceptors (Lipinski definition) is 6. The van der Waals surface area contributed by atoms with Crippen molar-refractivity contribution < 1.29 is 28.6 Å². The average molecular weight is 1070 g/mol. The van der Waals surface area contributed by atoms with E-state index in [1.807, 2.05) is 0 Å². The van der Waals surface area contributed by atoms with E-state index in [-0.39, 0.29) is 31.1 Å². The van der Waals surface area contributed by atoms with Crippen molar-refractivity contribution in [1.82, 2.24) is 0 Å². The zero-order valence-corrected chi connectivity index (χ0v) is 51.3. The lowest BCUT2D eigenvalue weighted by atomic mass is 10.0. The van der Waals surface area contributed by atoms with Crippen molar-refractivity contribution >= 4 is 17.9 Å². The monoisotopic (exact) mass is 1070 g/mol. The third-order valence-electron chi connectivity index (χ3n) is 15.4. The summed E-state index contributed by atoms with van der Waals surface area (Å²) in [6.45, 7) is 6.65. The zero-order valence-electron chi connectivity index (χ0n) is 51.3. The third kappa shape index (κ3) is 62.5. The Morgan fingerprint density at radius 1 is 0.263 bits per heavy atom. The molecular weight excluding hydrogens is 937 g/mol. The van der Waals surface area contributed by atoms with Crippen molar-refractivity contribution in [3.63, 3.8) is 0 Å². The van der Waals surface area contributed by atoms with Crippen LogP contribution in [-0.2, 0) is 28.6 Å². The Labute approximate surface area is 474 Å². The molecule has 0 saturated heterocycles. The molecular formula is C70H130O6. The second-order valence-electron chi connectivity index (χ2n) is 23.1. The van der Waals surface area contributed by atoms with Gasteiger partial charge in [0.05, 0.1) is 0 Å². The fourth-order valence-corrected chi connectivity index (χ4v) is 10.2. The number of carbonyl (C=O) groups is 3. The van der Waals surface area contributed by atoms with Crippen molar-refractivity contribution in [3.8, 4) is 0 Å². The molecule has 1 atom stereocenters. The van der Waals surface area contributed by atoms with E-state index < -0.39 is 6.10 Å². The molecule has 0 spiro atoms. The van der Waals surface area contributed by atoms with Crippen LogP contribution in [0, 0.1) is 0 Å². The quantitative estimate of drug-likeness (QED) is 0.0261. The third-order valence-corrected chi connectivity index (χ3v) is 15.4. The van der Waals surface area contributed by atoms with E-state index in [0.717, 1.165) is 77.0 Å². The Bertz CT molecular complexity index is 1270. The summed E-state index contributed by atoms with van der Waals surface area (Å²) in [5, 5.41) is 0. The summed E-state index contributed by atoms with van der Waals surface area (Å²) >= 11 is 0. The number of allylic oxidation sites excluding steroid dienone is 6. The fourth-order valence-electron chi connectivity index (χ4n) is 10.2. The first-order chi connectivity index (χ1) is 37.5. The van der Waals surface area contributed by atoms with Crippen LogP contribution < -0.4 is 0 Å². The molecule has 76 heavy (non-hydrogen) atoms. The van der Waals surface area contributed by atoms with Crippen molar-refractivity contribution in [3.05, 3.63) is 36.5 Å². The Morgan fingerprint density at radius 2 is 0.474 bits per heavy atom. The predicted molar refractivity (Wildman–Crippen MR) is 330 cm³/mol. The minimum Gasteiger partial charge on any atom is -0.462 e. The van der Waals surface area contributed by atoms with Crippen LogP contribution in [0.2, 0.25) is 0 Å². The summed E-state index contributed by atoms with van der Waals surface area (Å²) in [5.74, 6) is -0.867. The first kappa shape index (κ1) is 73.6. The number of esters is 3. The average Bonchev–Trinajstić information content (AvgIpc) is 3.42. The van der Waals surface area contributed by atoms with Gasteiger partial charge in [-0.3, -0.25) is 14.4 Å². The molecule has 446 valence electrons. The Hall–Kier alpha value is -2.37. The van der Waals surface area contributed by atoms with Gasteiger partial charge in [-0.25, -0.2) is 0 Å². The lowest BCUT2D eigenvalue weighted by Crippen LogP contribution is -2.30. The highest BCUT2D eigenvalue weighted by atomic mass is 16.6. The van der Waals surface area contributed by atoms with E-state index in [1.54, 1.807) is 0 Å². The summed E-state index contributed by atoms with van der Waals surface area (Å²) < 4.78 is 16.9. The molecule has 0 aliphatic heterocycles. The van der Waals surface area contributed by atoms with Gasteiger partial charge in [-0.15, -0.1) is 0 Å². The molecule has 0 radical (unpaired) electrons. The maximum atomic E-state index is 12.9. The molecule has 1 unspecified atom stereocenters. The fraction of sp³-hybridized carbons (Fsp3) is 0.871. The summed E-state index contributed by atoms with van der Waals surface area (Å²) in [7, 11) is 0. The van der Waals surface area contributed by atoms with E-state index in [1.165, 1.54) is 257 Å². The Morgan fingerprint density at radius 3 is 0.776 bits per heavy atom. The van der Waals surface area contributed by atoms with E-state index in [4.69, 9.17) is 14.2 Å². The van der Waals surface area contributed by atoms with Crippen molar-refractivity contribution in [2.45, 2.75) is 380 Å². The van der Waals surface area contributed by atoms with Gasteiger partial charge in [0.2, 0.25) is 0 Å². The van der Waals surface area contributed by atoms with Crippen LogP contribution in [0.5, 0.6) is 0 Å². The highest BCUT2D eigenvalue weighted by molar-refractivity contribution is 5.71. The van der Waals surface area contributed by atoms with Crippen molar-refractivity contribution in [1.29, 1.82) is 0 Å². The lowest BCUT2D eigenvalue weighted by Gasteiger charge is -2.18. The largest absolute Gasteiger partial charge is 0.462 e. The number of hydrogen-bond donors (Lipinski definition) is 0. The molecule has 0 amide bonds. The minimum absolute atomic E-state index is 0.0739. The highest BCUT2D eigenvalue weighted by Gasteiger charge is 2.19. The molecule has 0 aliphatic carbocycles. The van der Waals surface area contributed by atoms with E-state index >= 15 is 0 Å². The maximum absolute atomic E-state index is 12.9. The number of unbranched alkanes of at least 4 members (excludes halogenated alkanes) is 46. The molecule has 0 bridgehead atoms. The first-order valence-corrected chi connectivity index (χ1v) is 34.0. The number of carbonyl (C=O) groups excluding carboxylic acids is 3. The van der Waals surface area contributed by atoms with Gasteiger partial charge in [0.1, 0.15) is 13.2 Å². The van der Waals surface area contributed by atoms with Crippen molar-refractivity contribution in [2.75, 3.05) is 13.2 Å². The lowest BCUT2D eigenvalue weighted by molar-refractivity contribution is -0.167. The van der Waals surface area contributed by atoms with Gasteiger partial charge in [-0.1, -0.05) is 314 Å². The summed E-state index contributed by atoms with van der Waals surface area (Å²) in [6, 6.07) is 0. The molecule has 0 rings (SSSR count). The zero-order chi connectivity index (χ0) is 55.0. The second kappa shape index (κ2) is 65.2. The van der Waals surface area contributed by atoms with Crippen LogP contribution in [0.4, 0.5) is 0 Å². The highest BCUT2D eigenvalue weighted by Crippen LogP contribution is 2.18. The van der Waals surface area contributed by atoms with Crippen LogP contribution in [0.25, 0.3) is 0 Å². The molecule has 0 fully saturated rings. The first-order valence-electron chi connectivity index (χ1n) is 34.0. The molecule has 0 aromatic heterocycles. The summed E-state index contributed by atoms with van der Waals surface area (Å²) in [6.07, 6.45) is 80.3. The normalized spacial score (nSPS) is 12.2. The van der Waals surface area contributed by atoms with Gasteiger partial charge < -0.3 is 14.2 Å². The van der Waals surface area contributed by atoms with E-state index in [0.29, 0.717) is 19.3 Å². The van der Waals surface area contributed by atoms with E-state index in [2.05, 4.69) is 57.2 Å². The van der Waals surface area contributed by atoms with Gasteiger partial charge in [0.25, 0.3) is 0 Å². The SMILES string of the molecule is CCCCC/C=C\C/C=C\CCCCCCCCCC(=O)OC(COC(=O)CCCCCCC/C=C\CCCCCC)COC(=O)CCCCCCCCCCCCCCCCCCCCCCCCCCCCCC. The van der Waals surface area contributed by atoms with Gasteiger partial charge >= 0.3 is 17.9 Å². The Kier molecular flexibility index (Phi) is 63.1. The standard InChI is InChI=1S/C70H130O6/c1-4-7-10-13-16-19-22-25-27-29-30-31-32-33-34-35-36-37-38-39-41-42-45-48-51-54-57-60-63-69(72)75-66-67(65-74-68(71)62-59-56-53-50-47-44-24-21-18-15-12-9-6-3)76-70(73)64-61-58-55-52-49-46-43-40-28-26-23-20-17-14-11-8-5-2/h17,20-21,24,26,28,67H,4-16,18-19,22-23,25,27,29-66H2,1-3H3/b20-17-,24-21-,28-26-. The molecule has 0 aliphatic rings. The summed E-state index contributed by atoms with van der Waals surface area (Å²) in [5.41, 5.74) is 0. The molecule has 0 N–H and O–H groups in total. The molecule has 0 saturated carbocycles. The van der Waals surface area contributed by atoms with Crippen LogP contribution in [0.3, 0.4) is 0 Å². The van der Waals surface area contributed by atoms with Crippen molar-refractivity contribution in [2.24, 2.45) is 0 Å². The maximum Gasteiger partial charge on any atom is 0.306 e. The molecule has 0 aromatic rings. The molecule has 6 heteroatoms. The van der Waals surface area contributed by atoms with Crippen LogP contribution in [0.1, 0.15) is 374 Å². The smallest absolute Gasteiger partial charge is 0.306 e. The van der Waals surface area contributed by atoms with Crippen LogP contribution in [-0.4, -0.2) is 37.2 Å². The van der Waals surface area contributed by atoms with E-state index in [9.17, 15) is 14.4 Å². The number of rotatable bonds is 63. The predicted octanol–water partition coefficient (Wildman–Crippen LogP) is 23.2. The van der Waals surface area contributed by atoms with Gasteiger partial charge in [0, 0.05) is 19.3 Å². The number of ether oxygens (including phenoxy) is 3. The molecule has 0 heterocycles. The van der Waals surface area contributed by atoms with Gasteiger partial charge in [0.15, 0.2) is 6.10 Å². The van der Waals surface area contributed by atoms with Crippen LogP contribution in [0.15, 0.2) is 36.5 Å². The molecule has 6 nitrogen and oxygen atoms in total. The minimum atomic E-state index is -0.778.